The molecule has 19 heavy (non-hydrogen) atoms. The van der Waals surface area contributed by atoms with Crippen LogP contribution in [0.3, 0.4) is 0 Å². The summed E-state index contributed by atoms with van der Waals surface area (Å²) in [6.45, 7) is 0. The van der Waals surface area contributed by atoms with Gasteiger partial charge in [-0.25, -0.2) is 4.79 Å². The van der Waals surface area contributed by atoms with Crippen molar-refractivity contribution in [2.45, 2.75) is 0 Å². The number of nitrogens with one attached hydrogen (secondary N) is 2. The van der Waals surface area contributed by atoms with Crippen LogP contribution in [0.2, 0.25) is 0 Å². The lowest BCUT2D eigenvalue weighted by Crippen LogP contribution is -2.02. The van der Waals surface area contributed by atoms with Crippen molar-refractivity contribution < 1.29 is 4.79 Å². The summed E-state index contributed by atoms with van der Waals surface area (Å²) in [5.41, 5.74) is 8.24. The molecule has 1 aromatic heterocycles. The van der Waals surface area contributed by atoms with Crippen molar-refractivity contribution in [1.82, 2.24) is 9.97 Å². The average molecular weight is 253 g/mol. The number of ketones is 1. The summed E-state index contributed by atoms with van der Waals surface area (Å²) in [5, 5.41) is 0. The normalized spacial score (nSPS) is 10.7. The van der Waals surface area contributed by atoms with Crippen LogP contribution in [0.5, 0.6) is 0 Å². The smallest absolute Gasteiger partial charge is 0.323 e. The van der Waals surface area contributed by atoms with E-state index in [9.17, 15) is 9.59 Å². The van der Waals surface area contributed by atoms with Gasteiger partial charge in [0.1, 0.15) is 0 Å². The number of hydrogen-bond donors (Lipinski definition) is 3. The van der Waals surface area contributed by atoms with Gasteiger partial charge in [0.25, 0.3) is 0 Å². The van der Waals surface area contributed by atoms with Gasteiger partial charge in [0.15, 0.2) is 5.78 Å². The Morgan fingerprint density at radius 2 is 1.68 bits per heavy atom. The molecule has 0 radical (unpaired) electrons. The second kappa shape index (κ2) is 4.13. The Labute approximate surface area is 108 Å². The lowest BCUT2D eigenvalue weighted by Gasteiger charge is -2.02. The lowest BCUT2D eigenvalue weighted by molar-refractivity contribution is 0.103. The fourth-order valence-electron chi connectivity index (χ4n) is 2.02. The van der Waals surface area contributed by atoms with Gasteiger partial charge in [-0.2, -0.15) is 0 Å². The van der Waals surface area contributed by atoms with Gasteiger partial charge in [0, 0.05) is 16.8 Å². The van der Waals surface area contributed by atoms with Crippen LogP contribution in [-0.4, -0.2) is 15.8 Å². The average Bonchev–Trinajstić information content (AvgIpc) is 2.76. The zero-order valence-corrected chi connectivity index (χ0v) is 9.94. The first-order valence-electron chi connectivity index (χ1n) is 5.76. The van der Waals surface area contributed by atoms with Crippen LogP contribution in [0.25, 0.3) is 11.0 Å². The maximum Gasteiger partial charge on any atom is 0.323 e. The molecule has 0 aliphatic rings. The molecule has 5 nitrogen and oxygen atoms in total. The number of rotatable bonds is 2. The first-order chi connectivity index (χ1) is 9.13. The summed E-state index contributed by atoms with van der Waals surface area (Å²) >= 11 is 0. The summed E-state index contributed by atoms with van der Waals surface area (Å²) < 4.78 is 0. The molecule has 4 N–H and O–H groups in total. The van der Waals surface area contributed by atoms with E-state index in [1.807, 2.05) is 0 Å². The third-order valence-corrected chi connectivity index (χ3v) is 2.93. The van der Waals surface area contributed by atoms with Crippen molar-refractivity contribution in [2.75, 3.05) is 5.73 Å². The number of fused-ring (bicyclic) bond motifs is 1. The molecule has 0 spiro atoms. The Kier molecular flexibility index (Phi) is 2.45. The number of hydrogen-bond acceptors (Lipinski definition) is 3. The largest absolute Gasteiger partial charge is 0.399 e. The molecule has 0 aliphatic carbocycles. The third-order valence-electron chi connectivity index (χ3n) is 2.93. The van der Waals surface area contributed by atoms with E-state index in [0.717, 1.165) is 0 Å². The molecule has 3 rings (SSSR count). The minimum absolute atomic E-state index is 0.128. The van der Waals surface area contributed by atoms with Gasteiger partial charge in [-0.1, -0.05) is 12.1 Å². The minimum Gasteiger partial charge on any atom is -0.399 e. The predicted molar refractivity (Wildman–Crippen MR) is 73.2 cm³/mol. The third kappa shape index (κ3) is 2.01. The van der Waals surface area contributed by atoms with E-state index in [2.05, 4.69) is 9.97 Å². The zero-order valence-electron chi connectivity index (χ0n) is 9.94. The molecule has 0 saturated carbocycles. The number of carbonyl (C=O) groups excluding carboxylic acids is 1. The Balaban J connectivity index is 2.08. The van der Waals surface area contributed by atoms with E-state index in [1.165, 1.54) is 0 Å². The van der Waals surface area contributed by atoms with E-state index in [1.54, 1.807) is 42.5 Å². The number of anilines is 1. The molecule has 0 aliphatic heterocycles. The maximum atomic E-state index is 12.3. The molecule has 0 saturated heterocycles. The topological polar surface area (TPSA) is 91.7 Å². The van der Waals surface area contributed by atoms with E-state index in [0.29, 0.717) is 27.8 Å². The Hall–Kier alpha value is -2.82. The van der Waals surface area contributed by atoms with Gasteiger partial charge in [-0.15, -0.1) is 0 Å². The highest BCUT2D eigenvalue weighted by atomic mass is 16.1. The van der Waals surface area contributed by atoms with Crippen LogP contribution in [0.1, 0.15) is 15.9 Å². The van der Waals surface area contributed by atoms with Crippen molar-refractivity contribution in [3.05, 3.63) is 64.1 Å². The highest BCUT2D eigenvalue weighted by molar-refractivity contribution is 6.10. The highest BCUT2D eigenvalue weighted by Crippen LogP contribution is 2.16. The number of benzene rings is 2. The standard InChI is InChI=1S/C14H11N3O2/c15-10-3-1-2-8(6-10)13(18)9-4-5-11-12(7-9)17-14(19)16-11/h1-7H,15H2,(H2,16,17,19). The van der Waals surface area contributed by atoms with Crippen molar-refractivity contribution in [1.29, 1.82) is 0 Å². The number of aromatic nitrogens is 2. The molecule has 94 valence electrons. The van der Waals surface area contributed by atoms with Gasteiger partial charge >= 0.3 is 5.69 Å². The van der Waals surface area contributed by atoms with Gasteiger partial charge < -0.3 is 15.7 Å². The summed E-state index contributed by atoms with van der Waals surface area (Å²) in [6, 6.07) is 11.8. The van der Waals surface area contributed by atoms with Crippen LogP contribution in [0.4, 0.5) is 5.69 Å². The minimum atomic E-state index is -0.288. The molecule has 0 amide bonds. The summed E-state index contributed by atoms with van der Waals surface area (Å²) in [4.78, 5) is 28.7. The molecule has 0 unspecified atom stereocenters. The molecule has 0 bridgehead atoms. The second-order valence-corrected chi connectivity index (χ2v) is 4.29. The Morgan fingerprint density at radius 1 is 0.947 bits per heavy atom. The summed E-state index contributed by atoms with van der Waals surface area (Å²) in [7, 11) is 0. The van der Waals surface area contributed by atoms with Crippen LogP contribution < -0.4 is 11.4 Å². The highest BCUT2D eigenvalue weighted by Gasteiger charge is 2.10. The molecule has 0 atom stereocenters. The van der Waals surface area contributed by atoms with Crippen molar-refractivity contribution in [3.63, 3.8) is 0 Å². The van der Waals surface area contributed by atoms with Gasteiger partial charge in [-0.05, 0) is 30.3 Å². The fourth-order valence-corrected chi connectivity index (χ4v) is 2.02. The first kappa shape index (κ1) is 11.3. The molecule has 0 fully saturated rings. The summed E-state index contributed by atoms with van der Waals surface area (Å²) in [6.07, 6.45) is 0. The van der Waals surface area contributed by atoms with Gasteiger partial charge in [-0.3, -0.25) is 4.79 Å². The quantitative estimate of drug-likeness (QED) is 0.479. The SMILES string of the molecule is Nc1cccc(C(=O)c2ccc3[nH]c(=O)[nH]c3c2)c1. The second-order valence-electron chi connectivity index (χ2n) is 4.29. The molecule has 3 aromatic rings. The monoisotopic (exact) mass is 253 g/mol. The summed E-state index contributed by atoms with van der Waals surface area (Å²) in [5.74, 6) is -0.128. The molecule has 5 heteroatoms. The number of nitrogen functional groups attached to an aromatic ring is 1. The van der Waals surface area contributed by atoms with Crippen molar-refractivity contribution in [3.8, 4) is 0 Å². The van der Waals surface area contributed by atoms with Crippen molar-refractivity contribution >= 4 is 22.5 Å². The van der Waals surface area contributed by atoms with E-state index in [4.69, 9.17) is 5.73 Å². The van der Waals surface area contributed by atoms with E-state index in [-0.39, 0.29) is 11.5 Å². The molecular weight excluding hydrogens is 242 g/mol. The molecule has 2 aromatic carbocycles. The lowest BCUT2D eigenvalue weighted by atomic mass is 10.0. The van der Waals surface area contributed by atoms with Gasteiger partial charge in [0.2, 0.25) is 0 Å². The molecule has 1 heterocycles. The fraction of sp³-hybridized carbons (Fsp3) is 0. The van der Waals surface area contributed by atoms with Crippen LogP contribution >= 0.6 is 0 Å². The van der Waals surface area contributed by atoms with Crippen LogP contribution in [0.15, 0.2) is 47.3 Å². The maximum absolute atomic E-state index is 12.3. The Bertz CT molecular complexity index is 830. The molecular formula is C14H11N3O2. The number of H-pyrrole nitrogens is 2. The van der Waals surface area contributed by atoms with Crippen molar-refractivity contribution in [2.24, 2.45) is 0 Å². The number of imidazole rings is 1. The zero-order chi connectivity index (χ0) is 13.4. The number of aromatic amines is 2. The first-order valence-corrected chi connectivity index (χ1v) is 5.76. The van der Waals surface area contributed by atoms with Gasteiger partial charge in [0.05, 0.1) is 11.0 Å². The van der Waals surface area contributed by atoms with E-state index < -0.39 is 0 Å². The predicted octanol–water partition coefficient (Wildman–Crippen LogP) is 1.67. The van der Waals surface area contributed by atoms with Crippen LogP contribution in [0, 0.1) is 0 Å². The van der Waals surface area contributed by atoms with Crippen LogP contribution in [-0.2, 0) is 0 Å². The number of carbonyl (C=O) groups is 1. The number of nitrogens with two attached hydrogens (primary N) is 1. The van der Waals surface area contributed by atoms with E-state index >= 15 is 0 Å². The Morgan fingerprint density at radius 3 is 2.47 bits per heavy atom.